The number of nitrogens with two attached hydrogens (primary N) is 1. The summed E-state index contributed by atoms with van der Waals surface area (Å²) in [5.41, 5.74) is 7.52. The lowest BCUT2D eigenvalue weighted by atomic mass is 10.0. The number of rotatable bonds is 7. The molecule has 5 nitrogen and oxygen atoms in total. The number of fused-ring (bicyclic) bond motifs is 1. The van der Waals surface area contributed by atoms with Crippen molar-refractivity contribution < 1.29 is 14.6 Å². The van der Waals surface area contributed by atoms with Crippen LogP contribution in [0.3, 0.4) is 0 Å². The zero-order chi connectivity index (χ0) is 18.7. The predicted molar refractivity (Wildman–Crippen MR) is 108 cm³/mol. The van der Waals surface area contributed by atoms with Gasteiger partial charge < -0.3 is 15.6 Å². The van der Waals surface area contributed by atoms with Crippen LogP contribution in [-0.4, -0.2) is 22.0 Å². The summed E-state index contributed by atoms with van der Waals surface area (Å²) in [6.07, 6.45) is 1.73. The number of Topliss-reactive ketones (excluding diaryl/α,β-unsaturated/α-hetero) is 1. The van der Waals surface area contributed by atoms with Gasteiger partial charge in [0.05, 0.1) is 16.4 Å². The highest BCUT2D eigenvalue weighted by Gasteiger charge is 2.18. The fourth-order valence-corrected chi connectivity index (χ4v) is 3.96. The van der Waals surface area contributed by atoms with Crippen molar-refractivity contribution in [2.45, 2.75) is 32.5 Å². The first kappa shape index (κ1) is 18.8. The molecule has 0 radical (unpaired) electrons. The number of thiophene rings is 1. The molecule has 136 valence electrons. The molecule has 0 amide bonds. The highest BCUT2D eigenvalue weighted by Crippen LogP contribution is 2.34. The van der Waals surface area contributed by atoms with E-state index in [1.54, 1.807) is 6.92 Å². The second-order valence-electron chi connectivity index (χ2n) is 6.08. The molecule has 0 bridgehead atoms. The molecule has 2 heterocycles. The van der Waals surface area contributed by atoms with Crippen LogP contribution in [0.15, 0.2) is 40.3 Å². The Kier molecular flexibility index (Phi) is 5.90. The number of hydrogen-bond donors (Lipinski definition) is 2. The van der Waals surface area contributed by atoms with Gasteiger partial charge in [-0.05, 0) is 43.0 Å². The summed E-state index contributed by atoms with van der Waals surface area (Å²) in [6, 6.07) is 7.59. The first-order valence-corrected chi connectivity index (χ1v) is 9.87. The lowest BCUT2D eigenvalue weighted by Crippen LogP contribution is -2.07. The Morgan fingerprint density at radius 2 is 2.12 bits per heavy atom. The SMILES string of the molecule is CC(O)CCC(=O)c1cnc(N)c2c(COc3ccc(Br)cc3)csc12. The maximum absolute atomic E-state index is 12.5. The van der Waals surface area contributed by atoms with Crippen LogP contribution < -0.4 is 10.5 Å². The Morgan fingerprint density at radius 1 is 1.38 bits per heavy atom. The molecule has 0 aliphatic carbocycles. The lowest BCUT2D eigenvalue weighted by Gasteiger charge is -2.08. The van der Waals surface area contributed by atoms with Crippen molar-refractivity contribution in [2.24, 2.45) is 0 Å². The van der Waals surface area contributed by atoms with Gasteiger partial charge in [0.2, 0.25) is 0 Å². The summed E-state index contributed by atoms with van der Waals surface area (Å²) >= 11 is 4.86. The molecule has 2 aromatic heterocycles. The van der Waals surface area contributed by atoms with Crippen LogP contribution in [0.5, 0.6) is 5.75 Å². The summed E-state index contributed by atoms with van der Waals surface area (Å²) < 4.78 is 7.64. The third-order valence-corrected chi connectivity index (χ3v) is 5.59. The van der Waals surface area contributed by atoms with E-state index in [1.807, 2.05) is 29.6 Å². The van der Waals surface area contributed by atoms with Gasteiger partial charge >= 0.3 is 0 Å². The van der Waals surface area contributed by atoms with Crippen LogP contribution in [0.25, 0.3) is 10.1 Å². The summed E-state index contributed by atoms with van der Waals surface area (Å²) in [5.74, 6) is 1.11. The van der Waals surface area contributed by atoms with Gasteiger partial charge in [-0.1, -0.05) is 15.9 Å². The van der Waals surface area contributed by atoms with Gasteiger partial charge in [-0.25, -0.2) is 4.98 Å². The number of nitrogen functional groups attached to an aromatic ring is 1. The first-order chi connectivity index (χ1) is 12.5. The quantitative estimate of drug-likeness (QED) is 0.532. The molecule has 3 rings (SSSR count). The number of carbonyl (C=O) groups is 1. The number of halogens is 1. The van der Waals surface area contributed by atoms with Crippen molar-refractivity contribution >= 4 is 49.0 Å². The third kappa shape index (κ3) is 4.23. The van der Waals surface area contributed by atoms with Crippen LogP contribution >= 0.6 is 27.3 Å². The van der Waals surface area contributed by atoms with Crippen LogP contribution in [-0.2, 0) is 6.61 Å². The standard InChI is InChI=1S/C19H19BrN2O3S/c1-11(23)2-7-16(24)15-8-22-19(21)17-12(10-26-18(15)17)9-25-14-5-3-13(20)4-6-14/h3-6,8,10-11,23H,2,7,9H2,1H3,(H2,21,22). The minimum absolute atomic E-state index is 0.0365. The van der Waals surface area contributed by atoms with Gasteiger partial charge in [0.25, 0.3) is 0 Å². The van der Waals surface area contributed by atoms with Gasteiger partial charge in [-0.3, -0.25) is 4.79 Å². The Hall–Kier alpha value is -1.96. The average Bonchev–Trinajstić information content (AvgIpc) is 3.04. The molecule has 3 N–H and O–H groups in total. The molecule has 1 aromatic carbocycles. The zero-order valence-corrected chi connectivity index (χ0v) is 16.6. The van der Waals surface area contributed by atoms with E-state index in [9.17, 15) is 9.90 Å². The van der Waals surface area contributed by atoms with Crippen LogP contribution in [0.2, 0.25) is 0 Å². The lowest BCUT2D eigenvalue weighted by molar-refractivity contribution is 0.0951. The van der Waals surface area contributed by atoms with Crippen molar-refractivity contribution in [1.82, 2.24) is 4.98 Å². The second-order valence-corrected chi connectivity index (χ2v) is 7.87. The van der Waals surface area contributed by atoms with Crippen molar-refractivity contribution in [2.75, 3.05) is 5.73 Å². The topological polar surface area (TPSA) is 85.4 Å². The average molecular weight is 435 g/mol. The molecule has 0 saturated carbocycles. The van der Waals surface area contributed by atoms with E-state index < -0.39 is 6.10 Å². The molecule has 7 heteroatoms. The molecule has 0 spiro atoms. The van der Waals surface area contributed by atoms with Gasteiger partial charge in [-0.2, -0.15) is 0 Å². The van der Waals surface area contributed by atoms with E-state index in [0.29, 0.717) is 24.4 Å². The number of carbonyl (C=O) groups excluding carboxylic acids is 1. The molecular formula is C19H19BrN2O3S. The number of benzene rings is 1. The summed E-state index contributed by atoms with van der Waals surface area (Å²) in [6.45, 7) is 2.02. The number of hydrogen-bond acceptors (Lipinski definition) is 6. The number of pyridine rings is 1. The number of ether oxygens (including phenoxy) is 1. The van der Waals surface area contributed by atoms with Gasteiger partial charge in [0, 0.05) is 28.0 Å². The molecule has 0 saturated heterocycles. The zero-order valence-electron chi connectivity index (χ0n) is 14.2. The molecular weight excluding hydrogens is 416 g/mol. The highest BCUT2D eigenvalue weighted by molar-refractivity contribution is 9.10. The molecule has 26 heavy (non-hydrogen) atoms. The van der Waals surface area contributed by atoms with E-state index in [1.165, 1.54) is 17.5 Å². The maximum Gasteiger partial charge on any atom is 0.165 e. The van der Waals surface area contributed by atoms with Gasteiger partial charge in [0.15, 0.2) is 5.78 Å². The third-order valence-electron chi connectivity index (χ3n) is 4.00. The monoisotopic (exact) mass is 434 g/mol. The van der Waals surface area contributed by atoms with Crippen LogP contribution in [0, 0.1) is 0 Å². The number of aliphatic hydroxyl groups is 1. The number of anilines is 1. The van der Waals surface area contributed by atoms with Crippen molar-refractivity contribution in [3.8, 4) is 5.75 Å². The number of nitrogens with zero attached hydrogens (tertiary/aromatic N) is 1. The van der Waals surface area contributed by atoms with E-state index in [0.717, 1.165) is 25.9 Å². The van der Waals surface area contributed by atoms with Crippen LogP contribution in [0.4, 0.5) is 5.82 Å². The summed E-state index contributed by atoms with van der Waals surface area (Å²) in [5, 5.41) is 12.1. The maximum atomic E-state index is 12.5. The molecule has 1 atom stereocenters. The normalized spacial score (nSPS) is 12.3. The number of aromatic nitrogens is 1. The Labute approximate surface area is 163 Å². The largest absolute Gasteiger partial charge is 0.489 e. The first-order valence-electron chi connectivity index (χ1n) is 8.20. The molecule has 0 fully saturated rings. The number of aliphatic hydroxyl groups excluding tert-OH is 1. The highest BCUT2D eigenvalue weighted by atomic mass is 79.9. The Balaban J connectivity index is 1.85. The second kappa shape index (κ2) is 8.16. The Morgan fingerprint density at radius 3 is 2.81 bits per heavy atom. The number of ketones is 1. The fraction of sp³-hybridized carbons (Fsp3) is 0.263. The molecule has 1 unspecified atom stereocenters. The van der Waals surface area contributed by atoms with Crippen molar-refractivity contribution in [3.63, 3.8) is 0 Å². The summed E-state index contributed by atoms with van der Waals surface area (Å²) in [4.78, 5) is 16.7. The van der Waals surface area contributed by atoms with Gasteiger partial charge in [-0.15, -0.1) is 11.3 Å². The Bertz CT molecular complexity index is 922. The minimum atomic E-state index is -0.505. The van der Waals surface area contributed by atoms with Crippen LogP contribution in [0.1, 0.15) is 35.7 Å². The predicted octanol–water partition coefficient (Wildman–Crippen LogP) is 4.56. The van der Waals surface area contributed by atoms with E-state index in [2.05, 4.69) is 20.9 Å². The summed E-state index contributed by atoms with van der Waals surface area (Å²) in [7, 11) is 0. The molecule has 3 aromatic rings. The fourth-order valence-electron chi connectivity index (χ4n) is 2.60. The van der Waals surface area contributed by atoms with E-state index >= 15 is 0 Å². The van der Waals surface area contributed by atoms with Crippen molar-refractivity contribution in [1.29, 1.82) is 0 Å². The smallest absolute Gasteiger partial charge is 0.165 e. The van der Waals surface area contributed by atoms with E-state index in [-0.39, 0.29) is 12.2 Å². The minimum Gasteiger partial charge on any atom is -0.489 e. The van der Waals surface area contributed by atoms with E-state index in [4.69, 9.17) is 10.5 Å². The molecule has 0 aliphatic rings. The molecule has 0 aliphatic heterocycles. The van der Waals surface area contributed by atoms with Gasteiger partial charge in [0.1, 0.15) is 18.2 Å². The van der Waals surface area contributed by atoms with Crippen molar-refractivity contribution in [3.05, 3.63) is 51.4 Å².